The van der Waals surface area contributed by atoms with Gasteiger partial charge in [-0.05, 0) is 42.5 Å². The van der Waals surface area contributed by atoms with Crippen molar-refractivity contribution in [1.29, 1.82) is 0 Å². The molecule has 1 amide bonds. The fourth-order valence-corrected chi connectivity index (χ4v) is 2.98. The second-order valence-electron chi connectivity index (χ2n) is 6.84. The minimum atomic E-state index is -0.669. The average molecular weight is 447 g/mol. The second-order valence-corrected chi connectivity index (χ2v) is 6.84. The maximum Gasteiger partial charge on any atom is 0.337 e. The van der Waals surface area contributed by atoms with Gasteiger partial charge in [-0.1, -0.05) is 30.3 Å². The number of esters is 2. The molecule has 3 rings (SSSR count). The van der Waals surface area contributed by atoms with Crippen LogP contribution in [0.25, 0.3) is 0 Å². The molecule has 0 aliphatic heterocycles. The van der Waals surface area contributed by atoms with Crippen molar-refractivity contribution in [3.8, 4) is 5.75 Å². The lowest BCUT2D eigenvalue weighted by atomic mass is 10.0. The molecule has 3 aromatic rings. The van der Waals surface area contributed by atoms with E-state index in [1.807, 2.05) is 6.07 Å². The van der Waals surface area contributed by atoms with Crippen LogP contribution in [0.4, 0.5) is 5.69 Å². The number of benzene rings is 3. The van der Waals surface area contributed by atoms with Crippen LogP contribution >= 0.6 is 0 Å². The van der Waals surface area contributed by atoms with E-state index >= 15 is 0 Å². The van der Waals surface area contributed by atoms with Gasteiger partial charge in [-0.3, -0.25) is 9.59 Å². The largest absolute Gasteiger partial charge is 0.484 e. The van der Waals surface area contributed by atoms with Gasteiger partial charge in [0, 0.05) is 16.8 Å². The molecule has 0 aliphatic rings. The summed E-state index contributed by atoms with van der Waals surface area (Å²) < 4.78 is 14.8. The Balaban J connectivity index is 1.64. The van der Waals surface area contributed by atoms with Crippen molar-refractivity contribution in [2.75, 3.05) is 26.1 Å². The number of hydrogen-bond acceptors (Lipinski definition) is 7. The fraction of sp³-hybridized carbons (Fsp3) is 0.120. The van der Waals surface area contributed by atoms with Crippen molar-refractivity contribution in [3.63, 3.8) is 0 Å². The molecule has 3 aromatic carbocycles. The van der Waals surface area contributed by atoms with E-state index in [0.717, 1.165) is 0 Å². The topological polar surface area (TPSA) is 108 Å². The fourth-order valence-electron chi connectivity index (χ4n) is 2.98. The number of ketones is 1. The molecule has 0 aliphatic carbocycles. The Labute approximate surface area is 190 Å². The van der Waals surface area contributed by atoms with Crippen LogP contribution in [0.3, 0.4) is 0 Å². The van der Waals surface area contributed by atoms with Crippen molar-refractivity contribution in [2.45, 2.75) is 0 Å². The number of nitrogens with one attached hydrogen (secondary N) is 1. The number of rotatable bonds is 8. The van der Waals surface area contributed by atoms with Crippen LogP contribution in [0.1, 0.15) is 36.6 Å². The standard InChI is InChI=1S/C25H21NO7/c1-31-24(29)18-12-19(25(30)32-2)14-20(13-18)26-22(27)15-33-21-10-8-17(9-11-21)23(28)16-6-4-3-5-7-16/h3-14H,15H2,1-2H3,(H,26,27). The summed E-state index contributed by atoms with van der Waals surface area (Å²) in [5.41, 5.74) is 1.43. The number of hydrogen-bond donors (Lipinski definition) is 1. The van der Waals surface area contributed by atoms with Gasteiger partial charge in [-0.25, -0.2) is 9.59 Å². The lowest BCUT2D eigenvalue weighted by Crippen LogP contribution is -2.21. The molecule has 168 valence electrons. The molecule has 0 spiro atoms. The van der Waals surface area contributed by atoms with E-state index in [2.05, 4.69) is 14.8 Å². The van der Waals surface area contributed by atoms with E-state index in [1.165, 1.54) is 32.4 Å². The molecule has 1 N–H and O–H groups in total. The lowest BCUT2D eigenvalue weighted by molar-refractivity contribution is -0.118. The summed E-state index contributed by atoms with van der Waals surface area (Å²) in [7, 11) is 2.41. The highest BCUT2D eigenvalue weighted by Gasteiger charge is 2.15. The van der Waals surface area contributed by atoms with Crippen LogP contribution in [0, 0.1) is 0 Å². The molecule has 0 unspecified atom stereocenters. The van der Waals surface area contributed by atoms with Crippen LogP contribution in [0.5, 0.6) is 5.75 Å². The SMILES string of the molecule is COC(=O)c1cc(NC(=O)COc2ccc(C(=O)c3ccccc3)cc2)cc(C(=O)OC)c1. The van der Waals surface area contributed by atoms with Gasteiger partial charge >= 0.3 is 11.9 Å². The molecule has 0 fully saturated rings. The Morgan fingerprint density at radius 3 is 1.79 bits per heavy atom. The zero-order valence-electron chi connectivity index (χ0n) is 18.0. The first-order valence-corrected chi connectivity index (χ1v) is 9.85. The smallest absolute Gasteiger partial charge is 0.337 e. The Hall–Kier alpha value is -4.46. The zero-order valence-corrected chi connectivity index (χ0v) is 18.0. The van der Waals surface area contributed by atoms with E-state index in [-0.39, 0.29) is 29.2 Å². The predicted octanol–water partition coefficient (Wildman–Crippen LogP) is 3.51. The van der Waals surface area contributed by atoms with Crippen molar-refractivity contribution in [1.82, 2.24) is 0 Å². The summed E-state index contributed by atoms with van der Waals surface area (Å²) in [6.07, 6.45) is 0. The number of methoxy groups -OCH3 is 2. The highest BCUT2D eigenvalue weighted by molar-refractivity contribution is 6.09. The Morgan fingerprint density at radius 1 is 0.697 bits per heavy atom. The molecular weight excluding hydrogens is 426 g/mol. The Kier molecular flexibility index (Phi) is 7.54. The number of carbonyl (C=O) groups is 4. The minimum absolute atomic E-state index is 0.0790. The van der Waals surface area contributed by atoms with Gasteiger partial charge in [0.05, 0.1) is 25.3 Å². The lowest BCUT2D eigenvalue weighted by Gasteiger charge is -2.11. The van der Waals surface area contributed by atoms with Crippen molar-refractivity contribution >= 4 is 29.3 Å². The maximum absolute atomic E-state index is 12.5. The molecule has 0 atom stereocenters. The molecule has 33 heavy (non-hydrogen) atoms. The first kappa shape index (κ1) is 23.2. The first-order valence-electron chi connectivity index (χ1n) is 9.85. The van der Waals surface area contributed by atoms with Crippen LogP contribution in [-0.2, 0) is 14.3 Å². The molecule has 8 heteroatoms. The van der Waals surface area contributed by atoms with Gasteiger partial charge in [-0.15, -0.1) is 0 Å². The van der Waals surface area contributed by atoms with E-state index < -0.39 is 17.8 Å². The van der Waals surface area contributed by atoms with E-state index in [1.54, 1.807) is 48.5 Å². The van der Waals surface area contributed by atoms with Crippen LogP contribution < -0.4 is 10.1 Å². The van der Waals surface area contributed by atoms with Gasteiger partial charge < -0.3 is 19.5 Å². The van der Waals surface area contributed by atoms with Crippen molar-refractivity contribution in [3.05, 3.63) is 95.1 Å². The summed E-state index contributed by atoms with van der Waals surface area (Å²) >= 11 is 0. The molecular formula is C25H21NO7. The van der Waals surface area contributed by atoms with Crippen LogP contribution in [0.15, 0.2) is 72.8 Å². The molecule has 0 saturated heterocycles. The van der Waals surface area contributed by atoms with Gasteiger partial charge in [0.2, 0.25) is 0 Å². The number of anilines is 1. The predicted molar refractivity (Wildman–Crippen MR) is 120 cm³/mol. The van der Waals surface area contributed by atoms with Gasteiger partial charge in [0.15, 0.2) is 12.4 Å². The van der Waals surface area contributed by atoms with Gasteiger partial charge in [0.25, 0.3) is 5.91 Å². The molecule has 0 radical (unpaired) electrons. The highest BCUT2D eigenvalue weighted by atomic mass is 16.5. The van der Waals surface area contributed by atoms with Crippen molar-refractivity contribution < 1.29 is 33.4 Å². The molecule has 0 heterocycles. The summed E-state index contributed by atoms with van der Waals surface area (Å²) in [5, 5.41) is 2.57. The van der Waals surface area contributed by atoms with Crippen molar-refractivity contribution in [2.24, 2.45) is 0 Å². The minimum Gasteiger partial charge on any atom is -0.484 e. The maximum atomic E-state index is 12.5. The molecule has 8 nitrogen and oxygen atoms in total. The third kappa shape index (κ3) is 6.04. The highest BCUT2D eigenvalue weighted by Crippen LogP contribution is 2.18. The van der Waals surface area contributed by atoms with E-state index in [0.29, 0.717) is 16.9 Å². The first-order chi connectivity index (χ1) is 15.9. The summed E-state index contributed by atoms with van der Waals surface area (Å²) in [5.74, 6) is -1.58. The average Bonchev–Trinajstić information content (AvgIpc) is 2.86. The molecule has 0 bridgehead atoms. The third-order valence-electron chi connectivity index (χ3n) is 4.58. The Morgan fingerprint density at radius 2 is 1.24 bits per heavy atom. The Bertz CT molecular complexity index is 1140. The zero-order chi connectivity index (χ0) is 23.8. The second kappa shape index (κ2) is 10.7. The number of ether oxygens (including phenoxy) is 3. The number of amides is 1. The summed E-state index contributed by atoms with van der Waals surface area (Å²) in [6.45, 7) is -0.331. The summed E-state index contributed by atoms with van der Waals surface area (Å²) in [4.78, 5) is 48.5. The van der Waals surface area contributed by atoms with E-state index in [9.17, 15) is 19.2 Å². The van der Waals surface area contributed by atoms with E-state index in [4.69, 9.17) is 4.74 Å². The summed E-state index contributed by atoms with van der Waals surface area (Å²) in [6, 6.07) is 19.4. The molecule has 0 saturated carbocycles. The van der Waals surface area contributed by atoms with Crippen LogP contribution in [-0.4, -0.2) is 44.5 Å². The van der Waals surface area contributed by atoms with Gasteiger partial charge in [0.1, 0.15) is 5.75 Å². The normalized spacial score (nSPS) is 10.1. The quantitative estimate of drug-likeness (QED) is 0.416. The van der Waals surface area contributed by atoms with Crippen LogP contribution in [0.2, 0.25) is 0 Å². The number of carbonyl (C=O) groups excluding carboxylic acids is 4. The molecule has 0 aromatic heterocycles. The van der Waals surface area contributed by atoms with Gasteiger partial charge in [-0.2, -0.15) is 0 Å². The third-order valence-corrected chi connectivity index (χ3v) is 4.58. The monoisotopic (exact) mass is 447 g/mol.